The van der Waals surface area contributed by atoms with Gasteiger partial charge in [-0.05, 0) is 39.0 Å². The molecule has 2 fully saturated rings. The van der Waals surface area contributed by atoms with E-state index in [1.165, 1.54) is 6.08 Å². The Balaban J connectivity index is 1.76. The summed E-state index contributed by atoms with van der Waals surface area (Å²) < 4.78 is 16.4. The third kappa shape index (κ3) is 4.86. The smallest absolute Gasteiger partial charge is 0.407 e. The summed E-state index contributed by atoms with van der Waals surface area (Å²) in [7, 11) is 0. The van der Waals surface area contributed by atoms with Crippen LogP contribution in [0.15, 0.2) is 23.8 Å². The highest BCUT2D eigenvalue weighted by Gasteiger charge is 2.50. The number of amides is 1. The number of nitrogens with one attached hydrogen (secondary N) is 1. The van der Waals surface area contributed by atoms with Crippen molar-refractivity contribution in [2.45, 2.75) is 75.9 Å². The molecule has 2 saturated heterocycles. The fraction of sp³-hybridized carbons (Fsp3) is 0.684. The molecule has 3 rings (SSSR count). The zero-order valence-corrected chi connectivity index (χ0v) is 15.1. The molecule has 0 aromatic heterocycles. The van der Waals surface area contributed by atoms with E-state index in [-0.39, 0.29) is 19.1 Å². The van der Waals surface area contributed by atoms with Crippen molar-refractivity contribution in [3.8, 4) is 0 Å². The largest absolute Gasteiger partial charge is 0.459 e. The van der Waals surface area contributed by atoms with Crippen LogP contribution in [-0.4, -0.2) is 47.8 Å². The van der Waals surface area contributed by atoms with Gasteiger partial charge in [0.25, 0.3) is 0 Å². The van der Waals surface area contributed by atoms with Crippen molar-refractivity contribution in [1.29, 1.82) is 0 Å². The van der Waals surface area contributed by atoms with Gasteiger partial charge in [0.2, 0.25) is 0 Å². The van der Waals surface area contributed by atoms with E-state index < -0.39 is 30.0 Å². The maximum atomic E-state index is 12.2. The van der Waals surface area contributed by atoms with Crippen LogP contribution in [0.3, 0.4) is 0 Å². The van der Waals surface area contributed by atoms with Crippen molar-refractivity contribution in [2.75, 3.05) is 6.61 Å². The van der Waals surface area contributed by atoms with Gasteiger partial charge in [-0.15, -0.1) is 0 Å². The SMILES string of the molecule is CC1=CC(=O)O[C@@H]2C[C@@H](CCCC=CCC1)O[C@@](O)([C@@H]1COC(=O)N1)C2. The molecule has 3 aliphatic rings. The summed E-state index contributed by atoms with van der Waals surface area (Å²) in [5.41, 5.74) is 0.965. The molecule has 2 bridgehead atoms. The molecule has 0 spiro atoms. The summed E-state index contributed by atoms with van der Waals surface area (Å²) in [6.45, 7) is 1.94. The molecule has 0 aliphatic carbocycles. The Hall–Kier alpha value is -1.86. The van der Waals surface area contributed by atoms with Crippen LogP contribution < -0.4 is 5.32 Å². The summed E-state index contributed by atoms with van der Waals surface area (Å²) in [5, 5.41) is 13.6. The molecule has 7 heteroatoms. The first-order chi connectivity index (χ1) is 12.4. The number of fused-ring (bicyclic) bond motifs is 2. The van der Waals surface area contributed by atoms with E-state index in [0.717, 1.165) is 37.7 Å². The number of carbonyl (C=O) groups excluding carboxylic acids is 2. The van der Waals surface area contributed by atoms with Crippen molar-refractivity contribution in [2.24, 2.45) is 0 Å². The Labute approximate surface area is 153 Å². The quantitative estimate of drug-likeness (QED) is 0.547. The fourth-order valence-electron chi connectivity index (χ4n) is 3.69. The average Bonchev–Trinajstić information content (AvgIpc) is 3.00. The first-order valence-electron chi connectivity index (χ1n) is 9.31. The molecular formula is C19H27NO6. The lowest BCUT2D eigenvalue weighted by Crippen LogP contribution is -2.58. The van der Waals surface area contributed by atoms with Crippen molar-refractivity contribution in [3.05, 3.63) is 23.8 Å². The van der Waals surface area contributed by atoms with E-state index in [1.54, 1.807) is 0 Å². The van der Waals surface area contributed by atoms with Gasteiger partial charge in [0.15, 0.2) is 5.79 Å². The predicted molar refractivity (Wildman–Crippen MR) is 93.2 cm³/mol. The Morgan fingerprint density at radius 1 is 1.23 bits per heavy atom. The van der Waals surface area contributed by atoms with Crippen LogP contribution in [0.4, 0.5) is 4.79 Å². The van der Waals surface area contributed by atoms with E-state index in [4.69, 9.17) is 14.2 Å². The zero-order chi connectivity index (χ0) is 18.6. The number of rotatable bonds is 1. The van der Waals surface area contributed by atoms with E-state index in [9.17, 15) is 14.7 Å². The highest BCUT2D eigenvalue weighted by molar-refractivity contribution is 5.82. The highest BCUT2D eigenvalue weighted by atomic mass is 16.6. The Bertz CT molecular complexity index is 601. The van der Waals surface area contributed by atoms with Crippen molar-refractivity contribution < 1.29 is 28.9 Å². The monoisotopic (exact) mass is 365 g/mol. The summed E-state index contributed by atoms with van der Waals surface area (Å²) in [6, 6.07) is -0.671. The number of carbonyl (C=O) groups is 2. The lowest BCUT2D eigenvalue weighted by molar-refractivity contribution is -0.286. The minimum atomic E-state index is -1.61. The lowest BCUT2D eigenvalue weighted by Gasteiger charge is -2.43. The summed E-state index contributed by atoms with van der Waals surface area (Å²) in [4.78, 5) is 23.6. The third-order valence-corrected chi connectivity index (χ3v) is 5.05. The van der Waals surface area contributed by atoms with Crippen LogP contribution >= 0.6 is 0 Å². The van der Waals surface area contributed by atoms with E-state index in [0.29, 0.717) is 6.42 Å². The molecule has 144 valence electrons. The van der Waals surface area contributed by atoms with E-state index in [2.05, 4.69) is 17.5 Å². The second-order valence-electron chi connectivity index (χ2n) is 7.31. The van der Waals surface area contributed by atoms with E-state index >= 15 is 0 Å². The summed E-state index contributed by atoms with van der Waals surface area (Å²) >= 11 is 0. The molecule has 0 unspecified atom stereocenters. The van der Waals surface area contributed by atoms with Crippen molar-refractivity contribution in [3.63, 3.8) is 0 Å². The topological polar surface area (TPSA) is 94.1 Å². The van der Waals surface area contributed by atoms with Gasteiger partial charge in [-0.1, -0.05) is 17.7 Å². The number of allylic oxidation sites excluding steroid dienone is 3. The molecule has 0 aromatic rings. The normalized spacial score (nSPS) is 36.4. The summed E-state index contributed by atoms with van der Waals surface area (Å²) in [5.74, 6) is -2.01. The third-order valence-electron chi connectivity index (χ3n) is 5.05. The maximum absolute atomic E-state index is 12.2. The molecule has 3 aliphatic heterocycles. The van der Waals surface area contributed by atoms with Gasteiger partial charge in [0.05, 0.1) is 6.10 Å². The Kier molecular flexibility index (Phi) is 5.98. The van der Waals surface area contributed by atoms with Crippen LogP contribution in [-0.2, 0) is 19.0 Å². The van der Waals surface area contributed by atoms with Gasteiger partial charge in [0, 0.05) is 18.9 Å². The van der Waals surface area contributed by atoms with Crippen LogP contribution in [0.2, 0.25) is 0 Å². The molecule has 0 aromatic carbocycles. The van der Waals surface area contributed by atoms with Crippen LogP contribution in [0.25, 0.3) is 0 Å². The molecule has 2 N–H and O–H groups in total. The predicted octanol–water partition coefficient (Wildman–Crippen LogP) is 2.34. The maximum Gasteiger partial charge on any atom is 0.407 e. The molecule has 1 amide bonds. The molecule has 7 nitrogen and oxygen atoms in total. The van der Waals surface area contributed by atoms with Crippen LogP contribution in [0.1, 0.15) is 51.9 Å². The van der Waals surface area contributed by atoms with Crippen LogP contribution in [0, 0.1) is 0 Å². The zero-order valence-electron chi connectivity index (χ0n) is 15.1. The van der Waals surface area contributed by atoms with Crippen molar-refractivity contribution >= 4 is 12.1 Å². The van der Waals surface area contributed by atoms with Gasteiger partial charge in [0.1, 0.15) is 18.8 Å². The Morgan fingerprint density at radius 3 is 2.81 bits per heavy atom. The second kappa shape index (κ2) is 8.22. The number of hydrogen-bond donors (Lipinski definition) is 2. The molecule has 26 heavy (non-hydrogen) atoms. The molecule has 4 atom stereocenters. The molecule has 0 radical (unpaired) electrons. The first kappa shape index (κ1) is 18.9. The second-order valence-corrected chi connectivity index (χ2v) is 7.31. The molecular weight excluding hydrogens is 338 g/mol. The number of alkyl carbamates (subject to hydrolysis) is 1. The number of hydrogen-bond acceptors (Lipinski definition) is 6. The van der Waals surface area contributed by atoms with E-state index in [1.807, 2.05) is 6.92 Å². The Morgan fingerprint density at radius 2 is 2.04 bits per heavy atom. The average molecular weight is 365 g/mol. The highest BCUT2D eigenvalue weighted by Crippen LogP contribution is 2.35. The molecule has 0 saturated carbocycles. The molecule has 3 heterocycles. The number of esters is 1. The lowest BCUT2D eigenvalue weighted by atomic mass is 9.91. The van der Waals surface area contributed by atoms with Crippen molar-refractivity contribution in [1.82, 2.24) is 5.32 Å². The minimum absolute atomic E-state index is 0.0322. The van der Waals surface area contributed by atoms with Crippen LogP contribution in [0.5, 0.6) is 0 Å². The van der Waals surface area contributed by atoms with Gasteiger partial charge < -0.3 is 24.6 Å². The fourth-order valence-corrected chi connectivity index (χ4v) is 3.69. The number of cyclic esters (lactones) is 1. The van der Waals surface area contributed by atoms with Gasteiger partial charge >= 0.3 is 12.1 Å². The van der Waals surface area contributed by atoms with Gasteiger partial charge in [-0.25, -0.2) is 9.59 Å². The van der Waals surface area contributed by atoms with Gasteiger partial charge in [-0.3, -0.25) is 0 Å². The number of aliphatic hydroxyl groups is 1. The summed E-state index contributed by atoms with van der Waals surface area (Å²) in [6.07, 6.45) is 9.47. The minimum Gasteiger partial charge on any atom is -0.459 e. The van der Waals surface area contributed by atoms with Gasteiger partial charge in [-0.2, -0.15) is 0 Å². The number of ether oxygens (including phenoxy) is 3. The standard InChI is InChI=1S/C19H27NO6/c1-13-7-5-3-2-4-6-8-14-10-15(25-17(21)9-13)11-19(23,26-14)16-12-24-18(22)20-16/h2-3,9,14-16,23H,4-8,10-12H2,1H3,(H,20,22)/t14-,15-,16+,19-/m1/s1. The first-order valence-corrected chi connectivity index (χ1v) is 9.31.